The van der Waals surface area contributed by atoms with E-state index in [0.717, 1.165) is 37.9 Å². The summed E-state index contributed by atoms with van der Waals surface area (Å²) >= 11 is 0. The van der Waals surface area contributed by atoms with Crippen molar-refractivity contribution < 1.29 is 9.59 Å². The number of imidazole rings is 1. The lowest BCUT2D eigenvalue weighted by Crippen LogP contribution is -2.43. The number of pyridine rings is 2. The molecule has 29 heavy (non-hydrogen) atoms. The number of piperidine rings is 1. The van der Waals surface area contributed by atoms with Crippen LogP contribution in [0.25, 0.3) is 5.52 Å². The molecule has 1 N–H and O–H groups in total. The SMILES string of the molecule is CCC1CCCCN1C(=O)c1nc(C(=O)NCc2ccccn2)n2ccccc12. The Morgan fingerprint density at radius 2 is 2.03 bits per heavy atom. The molecule has 3 aromatic heterocycles. The number of carbonyl (C=O) groups excluding carboxylic acids is 2. The van der Waals surface area contributed by atoms with Crippen molar-refractivity contribution >= 4 is 17.3 Å². The Hall–Kier alpha value is -3.22. The van der Waals surface area contributed by atoms with E-state index in [1.807, 2.05) is 41.3 Å². The molecule has 7 heteroatoms. The van der Waals surface area contributed by atoms with E-state index in [0.29, 0.717) is 17.8 Å². The Balaban J connectivity index is 1.62. The Labute approximate surface area is 169 Å². The number of amides is 2. The monoisotopic (exact) mass is 391 g/mol. The first kappa shape index (κ1) is 19.1. The first-order chi connectivity index (χ1) is 14.2. The number of nitrogens with zero attached hydrogens (tertiary/aromatic N) is 4. The minimum absolute atomic E-state index is 0.0935. The summed E-state index contributed by atoms with van der Waals surface area (Å²) in [7, 11) is 0. The van der Waals surface area contributed by atoms with E-state index in [1.54, 1.807) is 16.8 Å². The highest BCUT2D eigenvalue weighted by Gasteiger charge is 2.30. The summed E-state index contributed by atoms with van der Waals surface area (Å²) in [6, 6.07) is 11.3. The third-order valence-corrected chi connectivity index (χ3v) is 5.47. The average Bonchev–Trinajstić information content (AvgIpc) is 3.17. The van der Waals surface area contributed by atoms with Crippen molar-refractivity contribution in [1.29, 1.82) is 0 Å². The zero-order chi connectivity index (χ0) is 20.2. The van der Waals surface area contributed by atoms with Gasteiger partial charge < -0.3 is 10.2 Å². The fourth-order valence-electron chi connectivity index (χ4n) is 3.94. The van der Waals surface area contributed by atoms with Crippen LogP contribution in [0, 0.1) is 0 Å². The van der Waals surface area contributed by atoms with Crippen LogP contribution in [0.15, 0.2) is 48.8 Å². The number of rotatable bonds is 5. The number of hydrogen-bond donors (Lipinski definition) is 1. The van der Waals surface area contributed by atoms with Gasteiger partial charge in [0, 0.05) is 25.0 Å². The van der Waals surface area contributed by atoms with Gasteiger partial charge in [-0.25, -0.2) is 4.98 Å². The fraction of sp³-hybridized carbons (Fsp3) is 0.364. The highest BCUT2D eigenvalue weighted by Crippen LogP contribution is 2.23. The van der Waals surface area contributed by atoms with Gasteiger partial charge in [0.2, 0.25) is 5.82 Å². The molecule has 0 radical (unpaired) electrons. The third kappa shape index (κ3) is 3.85. The molecule has 3 aromatic rings. The molecular formula is C22H25N5O2. The molecule has 0 bridgehead atoms. The van der Waals surface area contributed by atoms with E-state index in [-0.39, 0.29) is 23.7 Å². The predicted molar refractivity (Wildman–Crippen MR) is 110 cm³/mol. The summed E-state index contributed by atoms with van der Waals surface area (Å²) < 4.78 is 1.69. The van der Waals surface area contributed by atoms with Crippen LogP contribution in [0.2, 0.25) is 0 Å². The summed E-state index contributed by atoms with van der Waals surface area (Å²) in [5.41, 5.74) is 1.76. The maximum atomic E-state index is 13.3. The molecule has 4 heterocycles. The normalized spacial score (nSPS) is 16.7. The van der Waals surface area contributed by atoms with Gasteiger partial charge >= 0.3 is 0 Å². The van der Waals surface area contributed by atoms with Gasteiger partial charge in [0.25, 0.3) is 11.8 Å². The second-order valence-electron chi connectivity index (χ2n) is 7.30. The van der Waals surface area contributed by atoms with E-state index < -0.39 is 0 Å². The van der Waals surface area contributed by atoms with E-state index in [2.05, 4.69) is 22.2 Å². The molecule has 0 aliphatic carbocycles. The Bertz CT molecular complexity index is 1010. The van der Waals surface area contributed by atoms with E-state index >= 15 is 0 Å². The van der Waals surface area contributed by atoms with E-state index in [4.69, 9.17) is 0 Å². The van der Waals surface area contributed by atoms with Gasteiger partial charge in [0.15, 0.2) is 5.69 Å². The molecule has 1 unspecified atom stereocenters. The van der Waals surface area contributed by atoms with Gasteiger partial charge in [-0.2, -0.15) is 0 Å². The minimum Gasteiger partial charge on any atom is -0.344 e. The minimum atomic E-state index is -0.332. The standard InChI is InChI=1S/C22H25N5O2/c1-2-17-10-4-7-13-26(17)22(29)19-18-11-5-8-14-27(18)20(25-19)21(28)24-15-16-9-3-6-12-23-16/h3,5-6,8-9,11-12,14,17H,2,4,7,10,13,15H2,1H3,(H,24,28). The van der Waals surface area contributed by atoms with Crippen molar-refractivity contribution in [2.45, 2.75) is 45.2 Å². The van der Waals surface area contributed by atoms with Crippen molar-refractivity contribution in [3.8, 4) is 0 Å². The maximum absolute atomic E-state index is 13.3. The smallest absolute Gasteiger partial charge is 0.288 e. The highest BCUT2D eigenvalue weighted by atomic mass is 16.2. The molecule has 1 fully saturated rings. The van der Waals surface area contributed by atoms with Crippen LogP contribution in [-0.2, 0) is 6.54 Å². The zero-order valence-electron chi connectivity index (χ0n) is 16.5. The second kappa shape index (κ2) is 8.43. The highest BCUT2D eigenvalue weighted by molar-refractivity contribution is 6.02. The molecule has 1 aliphatic rings. The van der Waals surface area contributed by atoms with E-state index in [1.165, 1.54) is 0 Å². The van der Waals surface area contributed by atoms with Crippen LogP contribution in [0.3, 0.4) is 0 Å². The first-order valence-electron chi connectivity index (χ1n) is 10.1. The molecule has 0 spiro atoms. The predicted octanol–water partition coefficient (Wildman–Crippen LogP) is 3.06. The Kier molecular flexibility index (Phi) is 5.55. The van der Waals surface area contributed by atoms with Crippen LogP contribution in [-0.4, -0.2) is 43.7 Å². The lowest BCUT2D eigenvalue weighted by atomic mass is 9.99. The molecule has 1 aliphatic heterocycles. The van der Waals surface area contributed by atoms with Crippen LogP contribution in [0.5, 0.6) is 0 Å². The molecule has 4 rings (SSSR count). The van der Waals surface area contributed by atoms with Crippen LogP contribution < -0.4 is 5.32 Å². The molecule has 150 valence electrons. The van der Waals surface area contributed by atoms with Gasteiger partial charge in [-0.15, -0.1) is 0 Å². The third-order valence-electron chi connectivity index (χ3n) is 5.47. The van der Waals surface area contributed by atoms with Gasteiger partial charge in [-0.05, 0) is 49.9 Å². The van der Waals surface area contributed by atoms with Crippen LogP contribution in [0.4, 0.5) is 0 Å². The number of fused-ring (bicyclic) bond motifs is 1. The summed E-state index contributed by atoms with van der Waals surface area (Å²) in [5, 5.41) is 2.85. The zero-order valence-corrected chi connectivity index (χ0v) is 16.5. The summed E-state index contributed by atoms with van der Waals surface area (Å²) in [6.07, 6.45) is 7.55. The first-order valence-corrected chi connectivity index (χ1v) is 10.1. The summed E-state index contributed by atoms with van der Waals surface area (Å²) in [5.74, 6) is -0.212. The second-order valence-corrected chi connectivity index (χ2v) is 7.30. The molecule has 2 amide bonds. The van der Waals surface area contributed by atoms with Gasteiger partial charge in [-0.3, -0.25) is 19.0 Å². The van der Waals surface area contributed by atoms with Crippen molar-refractivity contribution in [1.82, 2.24) is 24.6 Å². The van der Waals surface area contributed by atoms with Crippen LogP contribution >= 0.6 is 0 Å². The molecule has 1 saturated heterocycles. The summed E-state index contributed by atoms with van der Waals surface area (Å²) in [4.78, 5) is 36.8. The van der Waals surface area contributed by atoms with Crippen molar-refractivity contribution in [3.05, 3.63) is 66.0 Å². The molecule has 1 atom stereocenters. The molecule has 0 saturated carbocycles. The fourth-order valence-corrected chi connectivity index (χ4v) is 3.94. The number of aromatic nitrogens is 3. The van der Waals surface area contributed by atoms with Crippen molar-refractivity contribution in [2.24, 2.45) is 0 Å². The molecular weight excluding hydrogens is 366 g/mol. The summed E-state index contributed by atoms with van der Waals surface area (Å²) in [6.45, 7) is 3.15. The quantitative estimate of drug-likeness (QED) is 0.725. The van der Waals surface area contributed by atoms with Gasteiger partial charge in [0.05, 0.1) is 17.8 Å². The van der Waals surface area contributed by atoms with Gasteiger partial charge in [-0.1, -0.05) is 19.1 Å². The average molecular weight is 391 g/mol. The van der Waals surface area contributed by atoms with Crippen molar-refractivity contribution in [3.63, 3.8) is 0 Å². The van der Waals surface area contributed by atoms with Crippen LogP contribution in [0.1, 0.15) is 59.4 Å². The lowest BCUT2D eigenvalue weighted by Gasteiger charge is -2.34. The molecule has 0 aromatic carbocycles. The van der Waals surface area contributed by atoms with Gasteiger partial charge in [0.1, 0.15) is 0 Å². The topological polar surface area (TPSA) is 79.6 Å². The largest absolute Gasteiger partial charge is 0.344 e. The number of likely N-dealkylation sites (tertiary alicyclic amines) is 1. The lowest BCUT2D eigenvalue weighted by molar-refractivity contribution is 0.0604. The Morgan fingerprint density at radius 1 is 1.17 bits per heavy atom. The number of carbonyl (C=O) groups is 2. The van der Waals surface area contributed by atoms with Crippen molar-refractivity contribution in [2.75, 3.05) is 6.54 Å². The maximum Gasteiger partial charge on any atom is 0.288 e. The molecule has 7 nitrogen and oxygen atoms in total. The number of hydrogen-bond acceptors (Lipinski definition) is 4. The Morgan fingerprint density at radius 3 is 2.83 bits per heavy atom. The number of nitrogens with one attached hydrogen (secondary N) is 1. The van der Waals surface area contributed by atoms with E-state index in [9.17, 15) is 9.59 Å².